The smallest absolute Gasteiger partial charge is 0.264 e. The van der Waals surface area contributed by atoms with Crippen LogP contribution < -0.4 is 4.31 Å². The van der Waals surface area contributed by atoms with Gasteiger partial charge < -0.3 is 0 Å². The molecule has 3 heterocycles. The largest absolute Gasteiger partial charge is 0.265 e. The minimum Gasteiger partial charge on any atom is -0.264 e. The summed E-state index contributed by atoms with van der Waals surface area (Å²) in [4.78, 5) is 4.74. The van der Waals surface area contributed by atoms with E-state index in [1.807, 2.05) is 67.1 Å². The average molecular weight is 479 g/mol. The molecule has 0 aliphatic carbocycles. The number of rotatable bonds is 4. The molecule has 6 nitrogen and oxygen atoms in total. The fraction of sp³-hybridized carbons (Fsp3) is 0.200. The van der Waals surface area contributed by atoms with E-state index in [0.717, 1.165) is 28.1 Å². The standard InChI is InChI=1S/C25H23ClN4O2S/c1-17-9-11-20(12-10-17)33(31,32)30-15-13-21-18(2)29(16-19-6-3-4-8-23(19)26)28-24(21)22-7-5-14-27-25(22)30/h3-12,14H,13,15-16H2,1-2H3. The second-order valence-corrected chi connectivity index (χ2v) is 10.4. The Morgan fingerprint density at radius 3 is 2.52 bits per heavy atom. The number of aromatic nitrogens is 3. The molecular weight excluding hydrogens is 456 g/mol. The van der Waals surface area contributed by atoms with Crippen LogP contribution in [0.2, 0.25) is 5.02 Å². The Morgan fingerprint density at radius 1 is 1.00 bits per heavy atom. The summed E-state index contributed by atoms with van der Waals surface area (Å²) in [5.74, 6) is 0.402. The summed E-state index contributed by atoms with van der Waals surface area (Å²) in [5.41, 5.74) is 5.49. The summed E-state index contributed by atoms with van der Waals surface area (Å²) >= 11 is 6.37. The lowest BCUT2D eigenvalue weighted by Gasteiger charge is -2.23. The Kier molecular flexibility index (Phi) is 5.46. The van der Waals surface area contributed by atoms with E-state index in [9.17, 15) is 8.42 Å². The van der Waals surface area contributed by atoms with Gasteiger partial charge in [-0.25, -0.2) is 17.7 Å². The maximum absolute atomic E-state index is 13.6. The number of hydrogen-bond acceptors (Lipinski definition) is 4. The molecule has 1 aliphatic heterocycles. The van der Waals surface area contributed by atoms with Crippen molar-refractivity contribution in [3.8, 4) is 11.3 Å². The van der Waals surface area contributed by atoms with E-state index in [-0.39, 0.29) is 11.4 Å². The molecule has 168 valence electrons. The van der Waals surface area contributed by atoms with Crippen LogP contribution in [0.5, 0.6) is 0 Å². The van der Waals surface area contributed by atoms with Crippen LogP contribution in [0.1, 0.15) is 22.4 Å². The number of hydrogen-bond donors (Lipinski definition) is 0. The number of pyridine rings is 1. The number of benzene rings is 2. The first-order chi connectivity index (χ1) is 15.9. The normalized spacial score (nSPS) is 13.4. The van der Waals surface area contributed by atoms with E-state index in [0.29, 0.717) is 29.4 Å². The van der Waals surface area contributed by atoms with Crippen molar-refractivity contribution >= 4 is 27.4 Å². The molecule has 0 fully saturated rings. The van der Waals surface area contributed by atoms with Gasteiger partial charge in [-0.3, -0.25) is 4.68 Å². The van der Waals surface area contributed by atoms with Gasteiger partial charge in [-0.2, -0.15) is 5.10 Å². The topological polar surface area (TPSA) is 68.1 Å². The lowest BCUT2D eigenvalue weighted by molar-refractivity contribution is 0.590. The van der Waals surface area contributed by atoms with Crippen LogP contribution in [0.15, 0.2) is 71.8 Å². The third-order valence-electron chi connectivity index (χ3n) is 6.06. The molecule has 1 aliphatic rings. The third kappa shape index (κ3) is 3.81. The molecule has 0 spiro atoms. The second kappa shape index (κ2) is 8.32. The predicted molar refractivity (Wildman–Crippen MR) is 130 cm³/mol. The van der Waals surface area contributed by atoms with Crippen molar-refractivity contribution in [3.05, 3.63) is 94.3 Å². The first-order valence-electron chi connectivity index (χ1n) is 10.7. The van der Waals surface area contributed by atoms with Crippen LogP contribution in [-0.2, 0) is 23.0 Å². The maximum Gasteiger partial charge on any atom is 0.265 e. The molecule has 0 unspecified atom stereocenters. The second-order valence-electron chi connectivity index (χ2n) is 8.18. The molecule has 0 saturated heterocycles. The van der Waals surface area contributed by atoms with E-state index in [4.69, 9.17) is 16.7 Å². The number of halogens is 1. The summed E-state index contributed by atoms with van der Waals surface area (Å²) in [7, 11) is -3.77. The van der Waals surface area contributed by atoms with Crippen molar-refractivity contribution in [1.82, 2.24) is 14.8 Å². The lowest BCUT2D eigenvalue weighted by Crippen LogP contribution is -2.33. The number of sulfonamides is 1. The molecule has 33 heavy (non-hydrogen) atoms. The van der Waals surface area contributed by atoms with Crippen LogP contribution in [0.4, 0.5) is 5.82 Å². The molecule has 0 saturated carbocycles. The number of fused-ring (bicyclic) bond motifs is 3. The highest BCUT2D eigenvalue weighted by Gasteiger charge is 2.33. The summed E-state index contributed by atoms with van der Waals surface area (Å²) in [6.07, 6.45) is 2.15. The zero-order valence-corrected chi connectivity index (χ0v) is 19.9. The summed E-state index contributed by atoms with van der Waals surface area (Å²) < 4.78 is 30.5. The fourth-order valence-electron chi connectivity index (χ4n) is 4.21. The molecule has 0 N–H and O–H groups in total. The van der Waals surface area contributed by atoms with Crippen molar-refractivity contribution in [2.24, 2.45) is 0 Å². The van der Waals surface area contributed by atoms with Gasteiger partial charge in [-0.05, 0) is 56.2 Å². The van der Waals surface area contributed by atoms with Crippen molar-refractivity contribution < 1.29 is 8.42 Å². The number of aryl methyl sites for hydroxylation is 1. The minimum atomic E-state index is -3.77. The average Bonchev–Trinajstić information content (AvgIpc) is 3.00. The Hall–Kier alpha value is -3.16. The zero-order valence-electron chi connectivity index (χ0n) is 18.4. The Bertz CT molecular complexity index is 1450. The Labute approximate surface area is 198 Å². The molecule has 0 amide bonds. The van der Waals surface area contributed by atoms with Crippen LogP contribution in [0, 0.1) is 13.8 Å². The summed E-state index contributed by atoms with van der Waals surface area (Å²) in [6, 6.07) is 18.3. The molecule has 5 rings (SSSR count). The van der Waals surface area contributed by atoms with Gasteiger partial charge in [0.05, 0.1) is 17.1 Å². The first-order valence-corrected chi connectivity index (χ1v) is 12.5. The lowest BCUT2D eigenvalue weighted by atomic mass is 10.1. The van der Waals surface area contributed by atoms with E-state index >= 15 is 0 Å². The van der Waals surface area contributed by atoms with Crippen LogP contribution in [0.3, 0.4) is 0 Å². The Balaban J connectivity index is 1.59. The molecule has 4 aromatic rings. The van der Waals surface area contributed by atoms with Crippen molar-refractivity contribution in [1.29, 1.82) is 0 Å². The molecule has 2 aromatic heterocycles. The van der Waals surface area contributed by atoms with E-state index < -0.39 is 10.0 Å². The Morgan fingerprint density at radius 2 is 1.76 bits per heavy atom. The third-order valence-corrected chi connectivity index (χ3v) is 8.23. The van der Waals surface area contributed by atoms with Gasteiger partial charge in [-0.1, -0.05) is 47.5 Å². The van der Waals surface area contributed by atoms with Gasteiger partial charge in [0.2, 0.25) is 0 Å². The van der Waals surface area contributed by atoms with Gasteiger partial charge in [0, 0.05) is 34.6 Å². The predicted octanol–water partition coefficient (Wildman–Crippen LogP) is 5.02. The summed E-state index contributed by atoms with van der Waals surface area (Å²) in [5, 5.41) is 5.58. The van der Waals surface area contributed by atoms with Gasteiger partial charge >= 0.3 is 0 Å². The fourth-order valence-corrected chi connectivity index (χ4v) is 5.85. The number of nitrogens with zero attached hydrogens (tertiary/aromatic N) is 4. The molecular formula is C25H23ClN4O2S. The quantitative estimate of drug-likeness (QED) is 0.413. The van der Waals surface area contributed by atoms with Gasteiger partial charge in [0.1, 0.15) is 0 Å². The van der Waals surface area contributed by atoms with Crippen LogP contribution in [-0.4, -0.2) is 29.7 Å². The molecule has 8 heteroatoms. The molecule has 0 radical (unpaired) electrons. The molecule has 0 atom stereocenters. The molecule has 2 aromatic carbocycles. The minimum absolute atomic E-state index is 0.254. The van der Waals surface area contributed by atoms with Crippen LogP contribution in [0.25, 0.3) is 11.3 Å². The molecule has 0 bridgehead atoms. The summed E-state index contributed by atoms with van der Waals surface area (Å²) in [6.45, 7) is 4.77. The maximum atomic E-state index is 13.6. The highest BCUT2D eigenvalue weighted by atomic mass is 35.5. The highest BCUT2D eigenvalue weighted by Crippen LogP contribution is 2.38. The van der Waals surface area contributed by atoms with Crippen molar-refractivity contribution in [2.75, 3.05) is 10.8 Å². The first kappa shape index (κ1) is 21.7. The zero-order chi connectivity index (χ0) is 23.2. The monoisotopic (exact) mass is 478 g/mol. The number of anilines is 1. The highest BCUT2D eigenvalue weighted by molar-refractivity contribution is 7.92. The van der Waals surface area contributed by atoms with Crippen molar-refractivity contribution in [2.45, 2.75) is 31.7 Å². The SMILES string of the molecule is Cc1ccc(S(=O)(=O)N2CCc3c(nn(Cc4ccccc4Cl)c3C)-c3cccnc32)cc1. The van der Waals surface area contributed by atoms with Gasteiger partial charge in [0.25, 0.3) is 10.0 Å². The van der Waals surface area contributed by atoms with E-state index in [2.05, 4.69) is 4.98 Å². The van der Waals surface area contributed by atoms with Crippen LogP contribution >= 0.6 is 11.6 Å². The van der Waals surface area contributed by atoms with E-state index in [1.54, 1.807) is 18.3 Å². The van der Waals surface area contributed by atoms with Crippen molar-refractivity contribution in [3.63, 3.8) is 0 Å². The van der Waals surface area contributed by atoms with E-state index in [1.165, 1.54) is 4.31 Å². The van der Waals surface area contributed by atoms with Gasteiger partial charge in [-0.15, -0.1) is 0 Å². The van der Waals surface area contributed by atoms with Gasteiger partial charge in [0.15, 0.2) is 5.82 Å².